The lowest BCUT2D eigenvalue weighted by Gasteiger charge is -2.10. The van der Waals surface area contributed by atoms with Gasteiger partial charge in [-0.3, -0.25) is 4.98 Å². The van der Waals surface area contributed by atoms with Gasteiger partial charge in [0, 0.05) is 18.9 Å². The molecule has 6 nitrogen and oxygen atoms in total. The second-order valence-corrected chi connectivity index (χ2v) is 6.87. The average Bonchev–Trinajstić information content (AvgIpc) is 2.59. The maximum atomic E-state index is 12.1. The molecule has 0 atom stereocenters. The second kappa shape index (κ2) is 7.94. The van der Waals surface area contributed by atoms with E-state index in [1.165, 1.54) is 0 Å². The summed E-state index contributed by atoms with van der Waals surface area (Å²) in [6, 6.07) is 8.98. The van der Waals surface area contributed by atoms with Crippen LogP contribution in [0.5, 0.6) is 11.5 Å². The molecular formula is C16H20N2O4S. The number of aryl methyl sites for hydroxylation is 1. The van der Waals surface area contributed by atoms with Crippen LogP contribution < -0.4 is 14.2 Å². The molecule has 0 spiro atoms. The Morgan fingerprint density at radius 2 is 1.87 bits per heavy atom. The summed E-state index contributed by atoms with van der Waals surface area (Å²) in [4.78, 5) is 3.95. The van der Waals surface area contributed by atoms with Gasteiger partial charge in [0.05, 0.1) is 20.0 Å². The molecule has 0 aliphatic heterocycles. The number of methoxy groups -OCH3 is 2. The van der Waals surface area contributed by atoms with E-state index in [0.717, 1.165) is 11.1 Å². The van der Waals surface area contributed by atoms with E-state index in [9.17, 15) is 8.42 Å². The van der Waals surface area contributed by atoms with Gasteiger partial charge in [0.2, 0.25) is 10.0 Å². The van der Waals surface area contributed by atoms with Crippen molar-refractivity contribution in [3.05, 3.63) is 53.9 Å². The lowest BCUT2D eigenvalue weighted by molar-refractivity contribution is 0.354. The van der Waals surface area contributed by atoms with Gasteiger partial charge in [0.15, 0.2) is 11.5 Å². The van der Waals surface area contributed by atoms with E-state index in [-0.39, 0.29) is 12.3 Å². The van der Waals surface area contributed by atoms with Gasteiger partial charge in [-0.1, -0.05) is 12.1 Å². The highest BCUT2D eigenvalue weighted by Crippen LogP contribution is 2.27. The highest BCUT2D eigenvalue weighted by molar-refractivity contribution is 7.89. The van der Waals surface area contributed by atoms with Crippen molar-refractivity contribution >= 4 is 10.0 Å². The Bertz CT molecular complexity index is 733. The number of nitrogens with zero attached hydrogens (tertiary/aromatic N) is 1. The van der Waals surface area contributed by atoms with E-state index in [2.05, 4.69) is 9.71 Å². The average molecular weight is 336 g/mol. The number of ether oxygens (including phenoxy) is 2. The molecule has 0 fully saturated rings. The standard InChI is InChI=1S/C16H20N2O4S/c1-21-15-6-5-13(10-16(15)22-2)7-9-23(19,20)18-12-14-4-3-8-17-11-14/h3-6,8,10-11,18H,7,9,12H2,1-2H3. The molecule has 2 rings (SSSR count). The Morgan fingerprint density at radius 3 is 2.52 bits per heavy atom. The molecule has 23 heavy (non-hydrogen) atoms. The number of sulfonamides is 1. The Morgan fingerprint density at radius 1 is 1.09 bits per heavy atom. The lowest BCUT2D eigenvalue weighted by Crippen LogP contribution is -2.26. The van der Waals surface area contributed by atoms with Gasteiger partial charge in [0.1, 0.15) is 0 Å². The van der Waals surface area contributed by atoms with Gasteiger partial charge in [-0.2, -0.15) is 0 Å². The van der Waals surface area contributed by atoms with E-state index < -0.39 is 10.0 Å². The molecule has 0 bridgehead atoms. The summed E-state index contributed by atoms with van der Waals surface area (Å²) in [7, 11) is -0.254. The van der Waals surface area contributed by atoms with Gasteiger partial charge in [-0.25, -0.2) is 13.1 Å². The van der Waals surface area contributed by atoms with E-state index in [0.29, 0.717) is 17.9 Å². The molecule has 1 aromatic heterocycles. The minimum Gasteiger partial charge on any atom is -0.493 e. The first-order valence-electron chi connectivity index (χ1n) is 7.11. The Balaban J connectivity index is 1.94. The van der Waals surface area contributed by atoms with Crippen LogP contribution in [0.4, 0.5) is 0 Å². The molecule has 0 saturated heterocycles. The monoisotopic (exact) mass is 336 g/mol. The Labute approximate surface area is 136 Å². The fourth-order valence-electron chi connectivity index (χ4n) is 2.06. The summed E-state index contributed by atoms with van der Waals surface area (Å²) in [5.41, 5.74) is 1.69. The fourth-order valence-corrected chi connectivity index (χ4v) is 3.09. The summed E-state index contributed by atoms with van der Waals surface area (Å²) >= 11 is 0. The van der Waals surface area contributed by atoms with Crippen LogP contribution >= 0.6 is 0 Å². The summed E-state index contributed by atoms with van der Waals surface area (Å²) in [6.07, 6.45) is 3.68. The van der Waals surface area contributed by atoms with E-state index in [4.69, 9.17) is 9.47 Å². The normalized spacial score (nSPS) is 11.2. The van der Waals surface area contributed by atoms with Gasteiger partial charge < -0.3 is 9.47 Å². The predicted octanol–water partition coefficient (Wildman–Crippen LogP) is 1.76. The Hall–Kier alpha value is -2.12. The van der Waals surface area contributed by atoms with Crippen LogP contribution in [-0.4, -0.2) is 33.4 Å². The third-order valence-corrected chi connectivity index (χ3v) is 4.65. The zero-order chi connectivity index (χ0) is 16.7. The predicted molar refractivity (Wildman–Crippen MR) is 88.1 cm³/mol. The summed E-state index contributed by atoms with van der Waals surface area (Å²) in [6.45, 7) is 0.238. The SMILES string of the molecule is COc1ccc(CCS(=O)(=O)NCc2cccnc2)cc1OC. The zero-order valence-electron chi connectivity index (χ0n) is 13.2. The van der Waals surface area contributed by atoms with Crippen molar-refractivity contribution < 1.29 is 17.9 Å². The number of nitrogens with one attached hydrogen (secondary N) is 1. The van der Waals surface area contributed by atoms with Crippen molar-refractivity contribution in [2.75, 3.05) is 20.0 Å². The minimum atomic E-state index is -3.36. The molecule has 0 amide bonds. The van der Waals surface area contributed by atoms with Crippen molar-refractivity contribution in [2.45, 2.75) is 13.0 Å². The molecule has 0 aliphatic carbocycles. The maximum absolute atomic E-state index is 12.1. The van der Waals surface area contributed by atoms with Crippen LogP contribution in [-0.2, 0) is 23.0 Å². The third-order valence-electron chi connectivity index (χ3n) is 3.33. The van der Waals surface area contributed by atoms with E-state index >= 15 is 0 Å². The number of aromatic nitrogens is 1. The highest BCUT2D eigenvalue weighted by Gasteiger charge is 2.12. The van der Waals surface area contributed by atoms with Crippen molar-refractivity contribution in [2.24, 2.45) is 0 Å². The first-order valence-corrected chi connectivity index (χ1v) is 8.76. The van der Waals surface area contributed by atoms with Crippen LogP contribution in [0.2, 0.25) is 0 Å². The van der Waals surface area contributed by atoms with Crippen molar-refractivity contribution in [1.29, 1.82) is 0 Å². The van der Waals surface area contributed by atoms with Crippen LogP contribution in [0.25, 0.3) is 0 Å². The summed E-state index contributed by atoms with van der Waals surface area (Å²) in [5, 5.41) is 0. The van der Waals surface area contributed by atoms with Crippen LogP contribution in [0.1, 0.15) is 11.1 Å². The second-order valence-electron chi connectivity index (χ2n) is 4.94. The van der Waals surface area contributed by atoms with Crippen LogP contribution in [0, 0.1) is 0 Å². The first-order chi connectivity index (χ1) is 11.0. The van der Waals surface area contributed by atoms with Gasteiger partial charge in [-0.15, -0.1) is 0 Å². The summed E-state index contributed by atoms with van der Waals surface area (Å²) in [5.74, 6) is 1.21. The van der Waals surface area contributed by atoms with Gasteiger partial charge in [-0.05, 0) is 35.7 Å². The third kappa shape index (κ3) is 5.22. The molecule has 0 radical (unpaired) electrons. The number of hydrogen-bond acceptors (Lipinski definition) is 5. The van der Waals surface area contributed by atoms with E-state index in [1.54, 1.807) is 44.8 Å². The van der Waals surface area contributed by atoms with Gasteiger partial charge in [0.25, 0.3) is 0 Å². The maximum Gasteiger partial charge on any atom is 0.212 e. The lowest BCUT2D eigenvalue weighted by atomic mass is 10.1. The molecule has 1 heterocycles. The molecule has 1 aromatic carbocycles. The smallest absolute Gasteiger partial charge is 0.212 e. The van der Waals surface area contributed by atoms with Crippen molar-refractivity contribution in [3.63, 3.8) is 0 Å². The molecule has 7 heteroatoms. The first kappa shape index (κ1) is 17.2. The quantitative estimate of drug-likeness (QED) is 0.795. The van der Waals surface area contributed by atoms with Crippen LogP contribution in [0.3, 0.4) is 0 Å². The minimum absolute atomic E-state index is 0.00272. The molecular weight excluding hydrogens is 316 g/mol. The number of pyridine rings is 1. The largest absolute Gasteiger partial charge is 0.493 e. The molecule has 1 N–H and O–H groups in total. The molecule has 0 unspecified atom stereocenters. The summed E-state index contributed by atoms with van der Waals surface area (Å²) < 4.78 is 37.1. The molecule has 124 valence electrons. The fraction of sp³-hybridized carbons (Fsp3) is 0.312. The van der Waals surface area contributed by atoms with E-state index in [1.807, 2.05) is 12.1 Å². The highest BCUT2D eigenvalue weighted by atomic mass is 32.2. The van der Waals surface area contributed by atoms with Crippen molar-refractivity contribution in [1.82, 2.24) is 9.71 Å². The molecule has 0 saturated carbocycles. The molecule has 2 aromatic rings. The number of rotatable bonds is 8. The molecule has 0 aliphatic rings. The number of hydrogen-bond donors (Lipinski definition) is 1. The zero-order valence-corrected chi connectivity index (χ0v) is 14.0. The number of benzene rings is 1. The Kier molecular flexibility index (Phi) is 5.95. The topological polar surface area (TPSA) is 77.5 Å². The van der Waals surface area contributed by atoms with Crippen LogP contribution in [0.15, 0.2) is 42.7 Å². The van der Waals surface area contributed by atoms with Crippen molar-refractivity contribution in [3.8, 4) is 11.5 Å². The van der Waals surface area contributed by atoms with Gasteiger partial charge >= 0.3 is 0 Å².